The molecule has 1 aromatic rings. The maximum Gasteiger partial charge on any atom is 0.227 e. The number of carbonyl (C=O) groups is 2. The van der Waals surface area contributed by atoms with Gasteiger partial charge in [-0.25, -0.2) is 0 Å². The van der Waals surface area contributed by atoms with Gasteiger partial charge in [-0.1, -0.05) is 43.9 Å². The topological polar surface area (TPSA) is 84.0 Å². The molecule has 2 atom stereocenters. The first kappa shape index (κ1) is 16.4. The lowest BCUT2D eigenvalue weighted by molar-refractivity contribution is -0.122. The van der Waals surface area contributed by atoms with E-state index in [1.54, 1.807) is 0 Å². The van der Waals surface area contributed by atoms with E-state index in [9.17, 15) is 9.59 Å². The molecule has 2 N–H and O–H groups in total. The number of rotatable bonds is 7. The van der Waals surface area contributed by atoms with Gasteiger partial charge in [-0.05, 0) is 18.3 Å². The Morgan fingerprint density at radius 2 is 2.00 bits per heavy atom. The molecule has 0 saturated heterocycles. The Hall–Kier alpha value is -1.50. The van der Waals surface area contributed by atoms with E-state index in [0.29, 0.717) is 17.6 Å². The Morgan fingerprint density at radius 3 is 2.70 bits per heavy atom. The summed E-state index contributed by atoms with van der Waals surface area (Å²) in [6.07, 6.45) is 7.40. The average Bonchev–Trinajstić information content (AvgIpc) is 2.92. The predicted molar refractivity (Wildman–Crippen MR) is 89.1 cm³/mol. The third-order valence-corrected chi connectivity index (χ3v) is 5.61. The van der Waals surface area contributed by atoms with Gasteiger partial charge in [-0.3, -0.25) is 9.59 Å². The van der Waals surface area contributed by atoms with E-state index in [4.69, 9.17) is 0 Å². The third kappa shape index (κ3) is 4.73. The summed E-state index contributed by atoms with van der Waals surface area (Å²) in [7, 11) is 0. The van der Waals surface area contributed by atoms with Crippen LogP contribution in [0.1, 0.15) is 50.5 Å². The third-order valence-electron chi connectivity index (χ3n) is 4.75. The van der Waals surface area contributed by atoms with Crippen molar-refractivity contribution in [2.24, 2.45) is 17.8 Å². The number of nitrogens with one attached hydrogen (secondary N) is 2. The van der Waals surface area contributed by atoms with Crippen LogP contribution < -0.4 is 10.6 Å². The summed E-state index contributed by atoms with van der Waals surface area (Å²) in [6, 6.07) is 0. The standard InChI is InChI=1S/C16H24N4O2S/c1-10-8-12(10)15(22)17-7-6-13(21)18-16-20-19-14(23-16)9-11-4-2-3-5-11/h10-12H,2-9H2,1H3,(H,17,22)(H,18,20,21)/t10-,12-/m0/s1. The zero-order valence-corrected chi connectivity index (χ0v) is 14.3. The van der Waals surface area contributed by atoms with Crippen molar-refractivity contribution in [3.8, 4) is 0 Å². The van der Waals surface area contributed by atoms with E-state index in [-0.39, 0.29) is 24.2 Å². The zero-order chi connectivity index (χ0) is 16.2. The summed E-state index contributed by atoms with van der Waals surface area (Å²) in [5.74, 6) is 1.31. The first-order chi connectivity index (χ1) is 11.1. The lowest BCUT2D eigenvalue weighted by atomic mass is 10.1. The summed E-state index contributed by atoms with van der Waals surface area (Å²) in [4.78, 5) is 23.5. The number of carbonyl (C=O) groups excluding carboxylic acids is 2. The highest BCUT2D eigenvalue weighted by Gasteiger charge is 2.38. The Bertz CT molecular complexity index is 568. The van der Waals surface area contributed by atoms with Crippen molar-refractivity contribution >= 4 is 28.3 Å². The summed E-state index contributed by atoms with van der Waals surface area (Å²) in [6.45, 7) is 2.44. The van der Waals surface area contributed by atoms with Gasteiger partial charge in [0, 0.05) is 25.3 Å². The van der Waals surface area contributed by atoms with E-state index >= 15 is 0 Å². The highest BCUT2D eigenvalue weighted by molar-refractivity contribution is 7.15. The monoisotopic (exact) mass is 336 g/mol. The maximum atomic E-state index is 11.9. The molecule has 2 fully saturated rings. The Balaban J connectivity index is 1.36. The van der Waals surface area contributed by atoms with Gasteiger partial charge in [0.1, 0.15) is 5.01 Å². The molecule has 1 aromatic heterocycles. The molecule has 0 unspecified atom stereocenters. The molecule has 3 rings (SSSR count). The number of aromatic nitrogens is 2. The predicted octanol–water partition coefficient (Wildman–Crippen LogP) is 2.37. The van der Waals surface area contributed by atoms with Crippen LogP contribution in [0.25, 0.3) is 0 Å². The fourth-order valence-corrected chi connectivity index (χ4v) is 4.02. The van der Waals surface area contributed by atoms with Crippen LogP contribution in [0.15, 0.2) is 0 Å². The fourth-order valence-electron chi connectivity index (χ4n) is 3.15. The highest BCUT2D eigenvalue weighted by atomic mass is 32.1. The molecule has 2 aliphatic rings. The first-order valence-corrected chi connectivity index (χ1v) is 9.33. The molecule has 0 aromatic carbocycles. The van der Waals surface area contributed by atoms with Crippen LogP contribution in [0.5, 0.6) is 0 Å². The van der Waals surface area contributed by atoms with Crippen LogP contribution in [0.4, 0.5) is 5.13 Å². The van der Waals surface area contributed by atoms with Crippen molar-refractivity contribution in [3.63, 3.8) is 0 Å². The molecule has 2 amide bonds. The zero-order valence-electron chi connectivity index (χ0n) is 13.5. The summed E-state index contributed by atoms with van der Waals surface area (Å²) in [5, 5.41) is 15.3. The second kappa shape index (κ2) is 7.38. The molecule has 0 spiro atoms. The lowest BCUT2D eigenvalue weighted by Gasteiger charge is -2.04. The average molecular weight is 336 g/mol. The molecule has 126 valence electrons. The van der Waals surface area contributed by atoms with E-state index in [1.807, 2.05) is 0 Å². The SMILES string of the molecule is C[C@H]1C[C@@H]1C(=O)NCCC(=O)Nc1nnc(CC2CCCC2)s1. The molecular formula is C16H24N4O2S. The molecule has 0 bridgehead atoms. The minimum Gasteiger partial charge on any atom is -0.355 e. The number of amides is 2. The van der Waals surface area contributed by atoms with Crippen LogP contribution in [0.2, 0.25) is 0 Å². The van der Waals surface area contributed by atoms with Gasteiger partial charge in [0.15, 0.2) is 0 Å². The molecule has 2 aliphatic carbocycles. The quantitative estimate of drug-likeness (QED) is 0.800. The maximum absolute atomic E-state index is 11.9. The van der Waals surface area contributed by atoms with Gasteiger partial charge < -0.3 is 10.6 Å². The molecule has 2 saturated carbocycles. The van der Waals surface area contributed by atoms with Crippen molar-refractivity contribution in [2.75, 3.05) is 11.9 Å². The molecule has 7 heteroatoms. The molecule has 23 heavy (non-hydrogen) atoms. The Morgan fingerprint density at radius 1 is 1.26 bits per heavy atom. The van der Waals surface area contributed by atoms with Gasteiger partial charge in [-0.2, -0.15) is 0 Å². The van der Waals surface area contributed by atoms with Crippen molar-refractivity contribution in [1.82, 2.24) is 15.5 Å². The number of hydrogen-bond acceptors (Lipinski definition) is 5. The largest absolute Gasteiger partial charge is 0.355 e. The van der Waals surface area contributed by atoms with Crippen molar-refractivity contribution in [1.29, 1.82) is 0 Å². The minimum absolute atomic E-state index is 0.0695. The summed E-state index contributed by atoms with van der Waals surface area (Å²) in [5.41, 5.74) is 0. The fraction of sp³-hybridized carbons (Fsp3) is 0.750. The molecule has 0 aliphatic heterocycles. The molecule has 0 radical (unpaired) electrons. The van der Waals surface area contributed by atoms with E-state index < -0.39 is 0 Å². The Kier molecular flexibility index (Phi) is 5.25. The van der Waals surface area contributed by atoms with Crippen LogP contribution >= 0.6 is 11.3 Å². The number of hydrogen-bond donors (Lipinski definition) is 2. The van der Waals surface area contributed by atoms with E-state index in [1.165, 1.54) is 37.0 Å². The van der Waals surface area contributed by atoms with Crippen LogP contribution in [0, 0.1) is 17.8 Å². The van der Waals surface area contributed by atoms with Crippen LogP contribution in [0.3, 0.4) is 0 Å². The molecule has 1 heterocycles. The Labute approximate surface area is 140 Å². The number of nitrogens with zero attached hydrogens (tertiary/aromatic N) is 2. The highest BCUT2D eigenvalue weighted by Crippen LogP contribution is 2.37. The smallest absolute Gasteiger partial charge is 0.227 e. The van der Waals surface area contributed by atoms with Gasteiger partial charge >= 0.3 is 0 Å². The van der Waals surface area contributed by atoms with Crippen LogP contribution in [-0.2, 0) is 16.0 Å². The second-order valence-electron chi connectivity index (χ2n) is 6.76. The van der Waals surface area contributed by atoms with Crippen molar-refractivity contribution in [3.05, 3.63) is 5.01 Å². The van der Waals surface area contributed by atoms with E-state index in [0.717, 1.165) is 23.8 Å². The first-order valence-electron chi connectivity index (χ1n) is 8.51. The van der Waals surface area contributed by atoms with E-state index in [2.05, 4.69) is 27.8 Å². The van der Waals surface area contributed by atoms with Gasteiger partial charge in [-0.15, -0.1) is 10.2 Å². The second-order valence-corrected chi connectivity index (χ2v) is 7.83. The minimum atomic E-state index is -0.127. The van der Waals surface area contributed by atoms with Crippen molar-refractivity contribution in [2.45, 2.75) is 51.9 Å². The van der Waals surface area contributed by atoms with Crippen LogP contribution in [-0.4, -0.2) is 28.6 Å². The normalized spacial score (nSPS) is 23.7. The van der Waals surface area contributed by atoms with Gasteiger partial charge in [0.2, 0.25) is 16.9 Å². The lowest BCUT2D eigenvalue weighted by Crippen LogP contribution is -2.29. The number of anilines is 1. The van der Waals surface area contributed by atoms with Gasteiger partial charge in [0.25, 0.3) is 0 Å². The summed E-state index contributed by atoms with van der Waals surface area (Å²) < 4.78 is 0. The van der Waals surface area contributed by atoms with Crippen molar-refractivity contribution < 1.29 is 9.59 Å². The van der Waals surface area contributed by atoms with Gasteiger partial charge in [0.05, 0.1) is 0 Å². The molecular weight excluding hydrogens is 312 g/mol. The summed E-state index contributed by atoms with van der Waals surface area (Å²) >= 11 is 1.46. The molecule has 6 nitrogen and oxygen atoms in total.